The molecule has 6 heteroatoms. The molecule has 1 aliphatic heterocycles. The number of amides is 1. The van der Waals surface area contributed by atoms with Crippen LogP contribution in [-0.2, 0) is 27.7 Å². The van der Waals surface area contributed by atoms with Crippen LogP contribution in [0.4, 0.5) is 5.69 Å². The number of sulfonamides is 1. The summed E-state index contributed by atoms with van der Waals surface area (Å²) in [6, 6.07) is 15.0. The van der Waals surface area contributed by atoms with Gasteiger partial charge in [0.05, 0.1) is 4.90 Å². The van der Waals surface area contributed by atoms with Crippen LogP contribution in [0.1, 0.15) is 37.3 Å². The number of carbonyl (C=O) groups is 1. The Kier molecular flexibility index (Phi) is 5.25. The number of aryl methyl sites for hydroxylation is 1. The van der Waals surface area contributed by atoms with Crippen LogP contribution in [0, 0.1) is 5.92 Å². The van der Waals surface area contributed by atoms with E-state index in [0.717, 1.165) is 36.9 Å². The minimum Gasteiger partial charge on any atom is -0.312 e. The summed E-state index contributed by atoms with van der Waals surface area (Å²) in [7, 11) is -3.58. The number of nitrogens with one attached hydrogen (secondary N) is 1. The maximum Gasteiger partial charge on any atom is 0.240 e. The number of nitrogens with zero attached hydrogens (tertiary/aromatic N) is 1. The van der Waals surface area contributed by atoms with Crippen molar-refractivity contribution in [2.24, 2.45) is 5.92 Å². The van der Waals surface area contributed by atoms with Gasteiger partial charge in [-0.3, -0.25) is 4.79 Å². The predicted octanol–water partition coefficient (Wildman–Crippen LogP) is 3.29. The number of hydrogen-bond acceptors (Lipinski definition) is 3. The van der Waals surface area contributed by atoms with Gasteiger partial charge in [0.25, 0.3) is 0 Å². The Morgan fingerprint density at radius 2 is 1.93 bits per heavy atom. The highest BCUT2D eigenvalue weighted by molar-refractivity contribution is 7.89. The van der Waals surface area contributed by atoms with E-state index >= 15 is 0 Å². The Hall–Kier alpha value is -2.18. The topological polar surface area (TPSA) is 66.5 Å². The molecule has 0 spiro atoms. The van der Waals surface area contributed by atoms with Crippen LogP contribution in [0.25, 0.3) is 0 Å². The van der Waals surface area contributed by atoms with E-state index in [2.05, 4.69) is 16.9 Å². The second kappa shape index (κ2) is 7.68. The van der Waals surface area contributed by atoms with Crippen molar-refractivity contribution < 1.29 is 13.2 Å². The van der Waals surface area contributed by atoms with Crippen LogP contribution < -0.4 is 9.62 Å². The van der Waals surface area contributed by atoms with Crippen molar-refractivity contribution in [1.82, 2.24) is 4.72 Å². The van der Waals surface area contributed by atoms with Gasteiger partial charge in [0, 0.05) is 24.2 Å². The van der Waals surface area contributed by atoms with E-state index in [0.29, 0.717) is 13.0 Å². The fourth-order valence-corrected chi connectivity index (χ4v) is 5.07. The highest BCUT2D eigenvalue weighted by Crippen LogP contribution is 2.37. The van der Waals surface area contributed by atoms with Gasteiger partial charge in [-0.1, -0.05) is 30.3 Å². The lowest BCUT2D eigenvalue weighted by Gasteiger charge is -2.18. The van der Waals surface area contributed by atoms with E-state index in [1.807, 2.05) is 30.0 Å². The third-order valence-corrected chi connectivity index (χ3v) is 7.10. The van der Waals surface area contributed by atoms with Crippen molar-refractivity contribution in [2.75, 3.05) is 11.4 Å². The van der Waals surface area contributed by atoms with E-state index in [4.69, 9.17) is 0 Å². The molecule has 1 fully saturated rings. The van der Waals surface area contributed by atoms with Gasteiger partial charge < -0.3 is 4.90 Å². The third-order valence-electron chi connectivity index (χ3n) is 5.51. The summed E-state index contributed by atoms with van der Waals surface area (Å²) in [6.45, 7) is 2.54. The molecule has 2 aromatic rings. The monoisotopic (exact) mass is 398 g/mol. The molecule has 1 amide bonds. The van der Waals surface area contributed by atoms with Gasteiger partial charge in [0.1, 0.15) is 0 Å². The Morgan fingerprint density at radius 1 is 1.18 bits per heavy atom. The number of anilines is 1. The first kappa shape index (κ1) is 19.2. The van der Waals surface area contributed by atoms with Gasteiger partial charge in [-0.2, -0.15) is 0 Å². The van der Waals surface area contributed by atoms with Crippen molar-refractivity contribution in [3.8, 4) is 0 Å². The fraction of sp³-hybridized carbons (Fsp3) is 0.409. The van der Waals surface area contributed by atoms with Crippen molar-refractivity contribution in [3.05, 3.63) is 59.7 Å². The lowest BCUT2D eigenvalue weighted by Crippen LogP contribution is -2.33. The highest BCUT2D eigenvalue weighted by Gasteiger charge is 2.36. The molecule has 2 aliphatic rings. The van der Waals surface area contributed by atoms with Gasteiger partial charge in [0.15, 0.2) is 0 Å². The normalized spacial score (nSPS) is 17.4. The molecule has 1 aliphatic carbocycles. The number of carbonyl (C=O) groups excluding carboxylic acids is 1. The maximum atomic E-state index is 12.8. The summed E-state index contributed by atoms with van der Waals surface area (Å²) in [5.41, 5.74) is 3.01. The van der Waals surface area contributed by atoms with E-state index in [1.165, 1.54) is 5.56 Å². The first-order chi connectivity index (χ1) is 13.4. The molecule has 0 saturated heterocycles. The smallest absolute Gasteiger partial charge is 0.240 e. The van der Waals surface area contributed by atoms with Crippen LogP contribution in [0.3, 0.4) is 0 Å². The van der Waals surface area contributed by atoms with Gasteiger partial charge in [-0.05, 0) is 68.4 Å². The van der Waals surface area contributed by atoms with Gasteiger partial charge in [-0.25, -0.2) is 13.1 Å². The van der Waals surface area contributed by atoms with Crippen molar-refractivity contribution >= 4 is 21.6 Å². The Morgan fingerprint density at radius 3 is 2.64 bits per heavy atom. The molecule has 1 N–H and O–H groups in total. The van der Waals surface area contributed by atoms with Crippen molar-refractivity contribution in [2.45, 2.75) is 50.0 Å². The van der Waals surface area contributed by atoms with Gasteiger partial charge >= 0.3 is 0 Å². The zero-order valence-electron chi connectivity index (χ0n) is 16.1. The van der Waals surface area contributed by atoms with E-state index in [1.54, 1.807) is 18.2 Å². The van der Waals surface area contributed by atoms with Crippen LogP contribution in [0.15, 0.2) is 53.4 Å². The van der Waals surface area contributed by atoms with Crippen LogP contribution >= 0.6 is 0 Å². The maximum absolute atomic E-state index is 12.8. The summed E-state index contributed by atoms with van der Waals surface area (Å²) in [5.74, 6) is 0.350. The summed E-state index contributed by atoms with van der Waals surface area (Å²) < 4.78 is 28.4. The second-order valence-corrected chi connectivity index (χ2v) is 9.57. The number of fused-ring (bicyclic) bond motifs is 1. The molecule has 1 heterocycles. The lowest BCUT2D eigenvalue weighted by atomic mass is 10.1. The molecule has 4 rings (SSSR count). The summed E-state index contributed by atoms with van der Waals surface area (Å²) in [4.78, 5) is 14.5. The van der Waals surface area contributed by atoms with Crippen LogP contribution in [0.2, 0.25) is 0 Å². The zero-order chi connectivity index (χ0) is 19.7. The second-order valence-electron chi connectivity index (χ2n) is 7.85. The minimum atomic E-state index is -3.58. The molecule has 0 unspecified atom stereocenters. The van der Waals surface area contributed by atoms with Gasteiger partial charge in [-0.15, -0.1) is 0 Å². The van der Waals surface area contributed by atoms with E-state index in [-0.39, 0.29) is 22.8 Å². The quantitative estimate of drug-likeness (QED) is 0.778. The van der Waals surface area contributed by atoms with Crippen molar-refractivity contribution in [1.29, 1.82) is 0 Å². The summed E-state index contributed by atoms with van der Waals surface area (Å²) in [6.07, 6.45) is 4.22. The molecule has 2 aromatic carbocycles. The fourth-order valence-electron chi connectivity index (χ4n) is 3.74. The van der Waals surface area contributed by atoms with Gasteiger partial charge in [0.2, 0.25) is 15.9 Å². The number of benzene rings is 2. The van der Waals surface area contributed by atoms with E-state index in [9.17, 15) is 13.2 Å². The molecular weight excluding hydrogens is 372 g/mol. The highest BCUT2D eigenvalue weighted by atomic mass is 32.2. The largest absolute Gasteiger partial charge is 0.312 e. The lowest BCUT2D eigenvalue weighted by molar-refractivity contribution is -0.119. The molecule has 0 radical (unpaired) electrons. The zero-order valence-corrected chi connectivity index (χ0v) is 16.9. The molecule has 28 heavy (non-hydrogen) atoms. The average molecular weight is 399 g/mol. The molecule has 1 saturated carbocycles. The molecule has 148 valence electrons. The van der Waals surface area contributed by atoms with E-state index < -0.39 is 10.0 Å². The third kappa shape index (κ3) is 4.13. The average Bonchev–Trinajstić information content (AvgIpc) is 3.45. The van der Waals surface area contributed by atoms with Crippen molar-refractivity contribution in [3.63, 3.8) is 0 Å². The Labute approximate surface area is 166 Å². The number of hydrogen-bond donors (Lipinski definition) is 1. The van der Waals surface area contributed by atoms with Crippen LogP contribution in [0.5, 0.6) is 0 Å². The Bertz CT molecular complexity index is 969. The van der Waals surface area contributed by atoms with Crippen LogP contribution in [-0.4, -0.2) is 26.9 Å². The number of rotatable bonds is 7. The first-order valence-corrected chi connectivity index (χ1v) is 11.4. The molecule has 0 aromatic heterocycles. The summed E-state index contributed by atoms with van der Waals surface area (Å²) >= 11 is 0. The Balaban J connectivity index is 1.42. The standard InChI is InChI=1S/C22H26N2O3S/c1-16(7-8-17-5-3-2-4-6-17)23-28(26,27)20-11-12-21-19(15-20)13-14-24(21)22(25)18-9-10-18/h2-6,11-12,15-16,18,23H,7-10,13-14H2,1H3/t16-/m0/s1. The predicted molar refractivity (Wildman–Crippen MR) is 110 cm³/mol. The SMILES string of the molecule is C[C@@H](CCc1ccccc1)NS(=O)(=O)c1ccc2c(c1)CCN2C(=O)C1CC1. The first-order valence-electron chi connectivity index (χ1n) is 9.94. The summed E-state index contributed by atoms with van der Waals surface area (Å²) in [5, 5.41) is 0. The molecule has 1 atom stereocenters. The molecule has 0 bridgehead atoms. The minimum absolute atomic E-state index is 0.161. The molecular formula is C22H26N2O3S. The molecule has 5 nitrogen and oxygen atoms in total.